The normalized spacial score (nSPS) is 17.7. The van der Waals surface area contributed by atoms with E-state index < -0.39 is 0 Å². The summed E-state index contributed by atoms with van der Waals surface area (Å²) in [5.41, 5.74) is 1.10. The predicted octanol–water partition coefficient (Wildman–Crippen LogP) is 1.20. The number of Topliss-reactive ketones (excluding diaryl/α,β-unsaturated/α-hetero) is 1. The molecule has 0 unspecified atom stereocenters. The van der Waals surface area contributed by atoms with Crippen molar-refractivity contribution in [3.05, 3.63) is 0 Å². The summed E-state index contributed by atoms with van der Waals surface area (Å²) in [5, 5.41) is 0. The number of ketones is 1. The van der Waals surface area contributed by atoms with Gasteiger partial charge in [0.25, 0.3) is 0 Å². The number of carbonyl (C=O) groups excluding carboxylic acids is 1. The fourth-order valence-electron chi connectivity index (χ4n) is 1.03. The van der Waals surface area contributed by atoms with E-state index in [2.05, 4.69) is 4.99 Å². The molecule has 9 heavy (non-hydrogen) atoms. The molecule has 0 aromatic heterocycles. The van der Waals surface area contributed by atoms with Crippen molar-refractivity contribution in [1.29, 1.82) is 0 Å². The van der Waals surface area contributed by atoms with Gasteiger partial charge in [0.2, 0.25) is 0 Å². The summed E-state index contributed by atoms with van der Waals surface area (Å²) in [6, 6.07) is 0. The Kier molecular flexibility index (Phi) is 1.98. The quantitative estimate of drug-likeness (QED) is 0.545. The van der Waals surface area contributed by atoms with Gasteiger partial charge in [-0.25, -0.2) is 0 Å². The van der Waals surface area contributed by atoms with Crippen LogP contribution in [-0.4, -0.2) is 18.0 Å². The Morgan fingerprint density at radius 2 is 2.56 bits per heavy atom. The SMILES string of the molecule is CC(=O)CC1=NCCC1. The van der Waals surface area contributed by atoms with E-state index in [1.807, 2.05) is 0 Å². The summed E-state index contributed by atoms with van der Waals surface area (Å²) in [5.74, 6) is 0.232. The van der Waals surface area contributed by atoms with Crippen molar-refractivity contribution in [3.8, 4) is 0 Å². The number of carbonyl (C=O) groups is 1. The van der Waals surface area contributed by atoms with Crippen LogP contribution in [0.5, 0.6) is 0 Å². The molecule has 2 heteroatoms. The first kappa shape index (κ1) is 6.46. The van der Waals surface area contributed by atoms with Crippen molar-refractivity contribution in [2.45, 2.75) is 26.2 Å². The van der Waals surface area contributed by atoms with Crippen LogP contribution in [0.15, 0.2) is 4.99 Å². The standard InChI is InChI=1S/C7H11NO/c1-6(9)5-7-3-2-4-8-7/h2-5H2,1H3. The molecule has 2 nitrogen and oxygen atoms in total. The smallest absolute Gasteiger partial charge is 0.135 e. The van der Waals surface area contributed by atoms with Crippen LogP contribution in [0.25, 0.3) is 0 Å². The first-order chi connectivity index (χ1) is 4.29. The third-order valence-corrected chi connectivity index (χ3v) is 1.41. The molecular weight excluding hydrogens is 114 g/mol. The minimum absolute atomic E-state index is 0.232. The molecule has 0 aromatic carbocycles. The molecular formula is C7H11NO. The fourth-order valence-corrected chi connectivity index (χ4v) is 1.03. The summed E-state index contributed by atoms with van der Waals surface area (Å²) in [6.07, 6.45) is 2.77. The summed E-state index contributed by atoms with van der Waals surface area (Å²) >= 11 is 0. The molecule has 1 aliphatic rings. The lowest BCUT2D eigenvalue weighted by atomic mass is 10.1. The van der Waals surface area contributed by atoms with Gasteiger partial charge in [-0.2, -0.15) is 0 Å². The van der Waals surface area contributed by atoms with Crippen LogP contribution < -0.4 is 0 Å². The summed E-state index contributed by atoms with van der Waals surface area (Å²) in [4.78, 5) is 14.7. The molecule has 0 atom stereocenters. The van der Waals surface area contributed by atoms with E-state index in [9.17, 15) is 4.79 Å². The summed E-state index contributed by atoms with van der Waals surface area (Å²) in [6.45, 7) is 2.55. The van der Waals surface area contributed by atoms with Gasteiger partial charge in [-0.05, 0) is 19.8 Å². The molecule has 0 spiro atoms. The molecule has 1 aliphatic heterocycles. The number of hydrogen-bond acceptors (Lipinski definition) is 2. The maximum Gasteiger partial charge on any atom is 0.135 e. The largest absolute Gasteiger partial charge is 0.300 e. The van der Waals surface area contributed by atoms with E-state index in [1.54, 1.807) is 6.92 Å². The highest BCUT2D eigenvalue weighted by atomic mass is 16.1. The molecule has 0 radical (unpaired) electrons. The van der Waals surface area contributed by atoms with Crippen LogP contribution in [0.3, 0.4) is 0 Å². The topological polar surface area (TPSA) is 29.4 Å². The van der Waals surface area contributed by atoms with Crippen molar-refractivity contribution in [2.24, 2.45) is 4.99 Å². The van der Waals surface area contributed by atoms with Crippen molar-refractivity contribution in [2.75, 3.05) is 6.54 Å². The molecule has 0 aliphatic carbocycles. The zero-order valence-electron chi connectivity index (χ0n) is 5.68. The molecule has 0 bridgehead atoms. The lowest BCUT2D eigenvalue weighted by molar-refractivity contribution is -0.115. The number of nitrogens with zero attached hydrogens (tertiary/aromatic N) is 1. The third kappa shape index (κ3) is 1.96. The molecule has 0 saturated heterocycles. The summed E-state index contributed by atoms with van der Waals surface area (Å²) in [7, 11) is 0. The van der Waals surface area contributed by atoms with Crippen LogP contribution in [0, 0.1) is 0 Å². The van der Waals surface area contributed by atoms with Gasteiger partial charge in [0, 0.05) is 18.7 Å². The van der Waals surface area contributed by atoms with Gasteiger partial charge in [0.1, 0.15) is 5.78 Å². The van der Waals surface area contributed by atoms with E-state index in [4.69, 9.17) is 0 Å². The van der Waals surface area contributed by atoms with E-state index in [0.717, 1.165) is 25.1 Å². The van der Waals surface area contributed by atoms with Gasteiger partial charge >= 0.3 is 0 Å². The van der Waals surface area contributed by atoms with Gasteiger partial charge in [0.05, 0.1) is 0 Å². The first-order valence-electron chi connectivity index (χ1n) is 3.30. The van der Waals surface area contributed by atoms with Crippen molar-refractivity contribution in [3.63, 3.8) is 0 Å². The molecule has 0 fully saturated rings. The van der Waals surface area contributed by atoms with Crippen LogP contribution in [-0.2, 0) is 4.79 Å². The van der Waals surface area contributed by atoms with Gasteiger partial charge in [-0.15, -0.1) is 0 Å². The number of hydrogen-bond donors (Lipinski definition) is 0. The molecule has 0 saturated carbocycles. The fraction of sp³-hybridized carbons (Fsp3) is 0.714. The van der Waals surface area contributed by atoms with Gasteiger partial charge in [-0.3, -0.25) is 9.79 Å². The highest BCUT2D eigenvalue weighted by Gasteiger charge is 2.07. The van der Waals surface area contributed by atoms with Crippen LogP contribution in [0.4, 0.5) is 0 Å². The van der Waals surface area contributed by atoms with Crippen LogP contribution in [0.2, 0.25) is 0 Å². The lowest BCUT2D eigenvalue weighted by Gasteiger charge is -1.91. The van der Waals surface area contributed by atoms with Gasteiger partial charge < -0.3 is 0 Å². The van der Waals surface area contributed by atoms with Crippen LogP contribution in [0.1, 0.15) is 26.2 Å². The van der Waals surface area contributed by atoms with Crippen LogP contribution >= 0.6 is 0 Å². The molecule has 1 heterocycles. The Morgan fingerprint density at radius 3 is 3.00 bits per heavy atom. The minimum Gasteiger partial charge on any atom is -0.300 e. The molecule has 1 rings (SSSR count). The second-order valence-electron chi connectivity index (χ2n) is 2.43. The molecule has 0 amide bonds. The highest BCUT2D eigenvalue weighted by molar-refractivity contribution is 6.01. The van der Waals surface area contributed by atoms with Gasteiger partial charge in [-0.1, -0.05) is 0 Å². The van der Waals surface area contributed by atoms with E-state index in [1.165, 1.54) is 0 Å². The maximum absolute atomic E-state index is 10.5. The van der Waals surface area contributed by atoms with Crippen molar-refractivity contribution >= 4 is 11.5 Å². The predicted molar refractivity (Wildman–Crippen MR) is 36.8 cm³/mol. The van der Waals surface area contributed by atoms with E-state index in [-0.39, 0.29) is 5.78 Å². The van der Waals surface area contributed by atoms with Gasteiger partial charge in [0.15, 0.2) is 0 Å². The average molecular weight is 125 g/mol. The summed E-state index contributed by atoms with van der Waals surface area (Å²) < 4.78 is 0. The Labute approximate surface area is 55.0 Å². The minimum atomic E-state index is 0.232. The Bertz CT molecular complexity index is 149. The van der Waals surface area contributed by atoms with E-state index >= 15 is 0 Å². The lowest BCUT2D eigenvalue weighted by Crippen LogP contribution is -2.00. The Balaban J connectivity index is 2.35. The zero-order valence-corrected chi connectivity index (χ0v) is 5.68. The average Bonchev–Trinajstić information content (AvgIpc) is 2.15. The van der Waals surface area contributed by atoms with E-state index in [0.29, 0.717) is 6.42 Å². The maximum atomic E-state index is 10.5. The second kappa shape index (κ2) is 2.76. The Hall–Kier alpha value is -0.660. The Morgan fingerprint density at radius 1 is 1.78 bits per heavy atom. The van der Waals surface area contributed by atoms with Crippen molar-refractivity contribution in [1.82, 2.24) is 0 Å². The molecule has 0 aromatic rings. The van der Waals surface area contributed by atoms with Crippen molar-refractivity contribution < 1.29 is 4.79 Å². The molecule has 0 N–H and O–H groups in total. The first-order valence-corrected chi connectivity index (χ1v) is 3.30. The third-order valence-electron chi connectivity index (χ3n) is 1.41. The number of aliphatic imine (C=N–C) groups is 1. The molecule has 50 valence electrons. The number of rotatable bonds is 2. The zero-order chi connectivity index (χ0) is 6.69. The monoisotopic (exact) mass is 125 g/mol. The second-order valence-corrected chi connectivity index (χ2v) is 2.43. The highest BCUT2D eigenvalue weighted by Crippen LogP contribution is 2.06.